The van der Waals surface area contributed by atoms with Gasteiger partial charge in [-0.15, -0.1) is 11.8 Å². The van der Waals surface area contributed by atoms with Crippen LogP contribution in [0.2, 0.25) is 25.7 Å². The summed E-state index contributed by atoms with van der Waals surface area (Å²) in [5.74, 6) is 0.202. The Hall–Kier alpha value is -2.08. The molecule has 4 rings (SSSR count). The number of rotatable bonds is 9. The van der Waals surface area contributed by atoms with Crippen LogP contribution in [-0.2, 0) is 17.6 Å². The number of alkyl halides is 3. The zero-order valence-corrected chi connectivity index (χ0v) is 24.8. The quantitative estimate of drug-likeness (QED) is 0.164. The van der Waals surface area contributed by atoms with Crippen molar-refractivity contribution in [1.82, 2.24) is 19.9 Å². The first-order chi connectivity index (χ1) is 17.8. The minimum Gasteiger partial charge on any atom is -0.361 e. The fraction of sp³-hybridized carbons (Fsp3) is 0.556. The lowest BCUT2D eigenvalue weighted by atomic mass is 9.91. The van der Waals surface area contributed by atoms with Gasteiger partial charge in [-0.25, -0.2) is 9.97 Å². The van der Waals surface area contributed by atoms with E-state index in [9.17, 15) is 13.2 Å². The molecule has 11 heteroatoms. The van der Waals surface area contributed by atoms with Crippen LogP contribution in [0.15, 0.2) is 35.5 Å². The monoisotopic (exact) mass is 565 g/mol. The molecule has 2 aromatic heterocycles. The molecule has 2 N–H and O–H groups in total. The average Bonchev–Trinajstić information content (AvgIpc) is 3.20. The van der Waals surface area contributed by atoms with Crippen LogP contribution < -0.4 is 10.6 Å². The molecule has 38 heavy (non-hydrogen) atoms. The first-order valence-corrected chi connectivity index (χ1v) is 17.9. The normalized spacial score (nSPS) is 18.2. The Morgan fingerprint density at radius 1 is 1.26 bits per heavy atom. The van der Waals surface area contributed by atoms with Gasteiger partial charge in [-0.3, -0.25) is 0 Å². The molecule has 0 amide bonds. The fourth-order valence-corrected chi connectivity index (χ4v) is 6.01. The van der Waals surface area contributed by atoms with Crippen molar-refractivity contribution < 1.29 is 17.9 Å². The first kappa shape index (κ1) is 28.9. The molecule has 1 atom stereocenters. The zero-order valence-electron chi connectivity index (χ0n) is 23.0. The van der Waals surface area contributed by atoms with Crippen LogP contribution in [0.5, 0.6) is 0 Å². The van der Waals surface area contributed by atoms with Gasteiger partial charge in [0.2, 0.25) is 5.95 Å². The van der Waals surface area contributed by atoms with Gasteiger partial charge in [-0.2, -0.15) is 13.2 Å². The van der Waals surface area contributed by atoms with Gasteiger partial charge in [0.05, 0.1) is 11.2 Å². The number of piperidine rings is 1. The summed E-state index contributed by atoms with van der Waals surface area (Å²) in [5, 5.41) is 7.44. The number of hydrogen-bond acceptors (Lipinski definition) is 6. The smallest absolute Gasteiger partial charge is 0.361 e. The van der Waals surface area contributed by atoms with Gasteiger partial charge in [-0.1, -0.05) is 31.8 Å². The molecular formula is C27H38F3N5OSSi. The highest BCUT2D eigenvalue weighted by Gasteiger charge is 2.37. The molecule has 1 aliphatic heterocycles. The van der Waals surface area contributed by atoms with Crippen molar-refractivity contribution in [2.45, 2.75) is 81.8 Å². The van der Waals surface area contributed by atoms with Gasteiger partial charge >= 0.3 is 6.18 Å². The van der Waals surface area contributed by atoms with Gasteiger partial charge in [0.25, 0.3) is 0 Å². The number of hydrogen-bond donors (Lipinski definition) is 2. The molecule has 1 aromatic carbocycles. The van der Waals surface area contributed by atoms with E-state index in [0.717, 1.165) is 35.5 Å². The highest BCUT2D eigenvalue weighted by molar-refractivity contribution is 7.98. The summed E-state index contributed by atoms with van der Waals surface area (Å²) in [4.78, 5) is 9.50. The minimum atomic E-state index is -4.59. The molecule has 1 saturated heterocycles. The summed E-state index contributed by atoms with van der Waals surface area (Å²) in [5.41, 5.74) is 0.342. The summed E-state index contributed by atoms with van der Waals surface area (Å²) >= 11 is 1.56. The number of nitrogens with one attached hydrogen (secondary N) is 2. The summed E-state index contributed by atoms with van der Waals surface area (Å²) in [6.45, 7) is 12.7. The van der Waals surface area contributed by atoms with Crippen molar-refractivity contribution in [3.63, 3.8) is 0 Å². The Balaban J connectivity index is 1.73. The van der Waals surface area contributed by atoms with Gasteiger partial charge in [0.1, 0.15) is 12.3 Å². The third kappa shape index (κ3) is 6.91. The molecule has 1 unspecified atom stereocenters. The van der Waals surface area contributed by atoms with Gasteiger partial charge in [0.15, 0.2) is 0 Å². The number of fused-ring (bicyclic) bond motifs is 1. The molecule has 0 bridgehead atoms. The van der Waals surface area contributed by atoms with Crippen molar-refractivity contribution in [2.24, 2.45) is 0 Å². The summed E-state index contributed by atoms with van der Waals surface area (Å²) in [6.07, 6.45) is 1.84. The second-order valence-corrected chi connectivity index (χ2v) is 18.3. The lowest BCUT2D eigenvalue weighted by molar-refractivity contribution is -0.137. The van der Waals surface area contributed by atoms with Crippen LogP contribution in [0, 0.1) is 0 Å². The molecule has 0 radical (unpaired) electrons. The molecule has 0 saturated carbocycles. The van der Waals surface area contributed by atoms with E-state index in [1.165, 1.54) is 0 Å². The molecule has 1 fully saturated rings. The molecular weight excluding hydrogens is 527 g/mol. The third-order valence-electron chi connectivity index (χ3n) is 6.94. The minimum absolute atomic E-state index is 0.0387. The maximum atomic E-state index is 14.2. The van der Waals surface area contributed by atoms with E-state index in [4.69, 9.17) is 4.74 Å². The Bertz CT molecular complexity index is 1260. The lowest BCUT2D eigenvalue weighted by Crippen LogP contribution is -2.50. The lowest BCUT2D eigenvalue weighted by Gasteiger charge is -2.36. The molecule has 3 heterocycles. The molecule has 3 aromatic rings. The number of ether oxygens (including phenoxy) is 1. The van der Waals surface area contributed by atoms with Crippen molar-refractivity contribution in [1.29, 1.82) is 0 Å². The van der Waals surface area contributed by atoms with Crippen molar-refractivity contribution in [3.8, 4) is 11.3 Å². The highest BCUT2D eigenvalue weighted by Crippen LogP contribution is 2.41. The molecule has 0 aliphatic carbocycles. The standard InChI is InChI=1S/C27H38F3N5OSSi/c1-26(2)11-10-18(14-32-26)33-25-31-15-21(27(28,29)30)23(34-25)20-16-35(17-36-12-13-38(4,5)6)24-19(20)8-7-9-22(24)37-3/h7-9,15-16,18,32H,10-14,17H2,1-6H3,(H,31,33,34). The Morgan fingerprint density at radius 3 is 2.66 bits per heavy atom. The van der Waals surface area contributed by atoms with E-state index < -0.39 is 19.8 Å². The largest absolute Gasteiger partial charge is 0.419 e. The van der Waals surface area contributed by atoms with E-state index in [0.29, 0.717) is 24.1 Å². The second-order valence-electron chi connectivity index (χ2n) is 11.8. The van der Waals surface area contributed by atoms with Crippen molar-refractivity contribution >= 4 is 36.7 Å². The van der Waals surface area contributed by atoms with Crippen LogP contribution in [0.3, 0.4) is 0 Å². The highest BCUT2D eigenvalue weighted by atomic mass is 32.2. The van der Waals surface area contributed by atoms with Crippen LogP contribution in [0.4, 0.5) is 19.1 Å². The fourth-order valence-electron chi connectivity index (χ4n) is 4.62. The van der Waals surface area contributed by atoms with Gasteiger partial charge < -0.3 is 19.9 Å². The molecule has 0 spiro atoms. The Morgan fingerprint density at radius 2 is 2.03 bits per heavy atom. The number of para-hydroxylation sites is 1. The van der Waals surface area contributed by atoms with E-state index in [1.54, 1.807) is 18.0 Å². The van der Waals surface area contributed by atoms with E-state index in [-0.39, 0.29) is 30.0 Å². The number of nitrogens with zero attached hydrogens (tertiary/aromatic N) is 3. The van der Waals surface area contributed by atoms with Crippen LogP contribution in [0.25, 0.3) is 22.2 Å². The predicted molar refractivity (Wildman–Crippen MR) is 153 cm³/mol. The third-order valence-corrected chi connectivity index (χ3v) is 9.41. The summed E-state index contributed by atoms with van der Waals surface area (Å²) in [6, 6.07) is 6.75. The molecule has 6 nitrogen and oxygen atoms in total. The van der Waals surface area contributed by atoms with Crippen LogP contribution in [-0.4, -0.2) is 53.6 Å². The Labute approximate surface area is 228 Å². The predicted octanol–water partition coefficient (Wildman–Crippen LogP) is 7.09. The maximum Gasteiger partial charge on any atom is 0.419 e. The van der Waals surface area contributed by atoms with Crippen LogP contribution in [0.1, 0.15) is 32.3 Å². The molecule has 1 aliphatic rings. The zero-order chi connectivity index (χ0) is 27.7. The average molecular weight is 566 g/mol. The summed E-state index contributed by atoms with van der Waals surface area (Å²) < 4.78 is 50.5. The van der Waals surface area contributed by atoms with Crippen molar-refractivity contribution in [2.75, 3.05) is 24.7 Å². The van der Waals surface area contributed by atoms with Gasteiger partial charge in [-0.05, 0) is 45.1 Å². The van der Waals surface area contributed by atoms with Gasteiger partial charge in [0, 0.05) is 61.0 Å². The van der Waals surface area contributed by atoms with Crippen LogP contribution >= 0.6 is 11.8 Å². The number of anilines is 1. The molecule has 208 valence electrons. The number of thioether (sulfide) groups is 1. The maximum absolute atomic E-state index is 14.2. The number of halogens is 3. The number of aromatic nitrogens is 3. The second kappa shape index (κ2) is 11.2. The Kier molecular flexibility index (Phi) is 8.51. The SMILES string of the molecule is CSc1cccc2c(-c3nc(NC4CCC(C)(C)NC4)ncc3C(F)(F)F)cn(COCC[Si](C)(C)C)c12. The summed E-state index contributed by atoms with van der Waals surface area (Å²) in [7, 11) is -1.27. The van der Waals surface area contributed by atoms with E-state index in [1.807, 2.05) is 29.0 Å². The van der Waals surface area contributed by atoms with E-state index >= 15 is 0 Å². The first-order valence-electron chi connectivity index (χ1n) is 13.0. The number of benzene rings is 1. The topological polar surface area (TPSA) is 64.0 Å². The van der Waals surface area contributed by atoms with E-state index in [2.05, 4.69) is 54.1 Å². The van der Waals surface area contributed by atoms with Crippen molar-refractivity contribution in [3.05, 3.63) is 36.2 Å².